The van der Waals surface area contributed by atoms with E-state index in [0.717, 1.165) is 17.7 Å². The summed E-state index contributed by atoms with van der Waals surface area (Å²) >= 11 is 0. The van der Waals surface area contributed by atoms with Crippen molar-refractivity contribution >= 4 is 29.1 Å². The Morgan fingerprint density at radius 1 is 1.43 bits per heavy atom. The number of primary amides is 1. The van der Waals surface area contributed by atoms with Crippen LogP contribution in [0.2, 0.25) is 0 Å². The first-order valence-corrected chi connectivity index (χ1v) is 9.03. The van der Waals surface area contributed by atoms with E-state index in [1.165, 1.54) is 12.3 Å². The van der Waals surface area contributed by atoms with E-state index in [9.17, 15) is 9.59 Å². The molecule has 3 rings (SSSR count). The van der Waals surface area contributed by atoms with Gasteiger partial charge in [0.1, 0.15) is 5.82 Å². The number of likely N-dealkylation sites (tertiary alicyclic amines) is 1. The molecule has 146 valence electrons. The van der Waals surface area contributed by atoms with Crippen molar-refractivity contribution in [1.82, 2.24) is 14.9 Å². The molecular weight excluding hydrogens is 356 g/mol. The van der Waals surface area contributed by atoms with E-state index in [4.69, 9.17) is 5.73 Å². The molecule has 0 spiro atoms. The third-order valence-corrected chi connectivity index (χ3v) is 4.83. The molecule has 1 aromatic carbocycles. The Bertz CT molecular complexity index is 913. The zero-order valence-corrected chi connectivity index (χ0v) is 16.1. The third-order valence-electron chi connectivity index (χ3n) is 4.83. The minimum absolute atomic E-state index is 0.0761. The average molecular weight is 380 g/mol. The summed E-state index contributed by atoms with van der Waals surface area (Å²) in [5.74, 6) is 0.172. The normalized spacial score (nSPS) is 15.9. The highest BCUT2D eigenvalue weighted by atomic mass is 16.2. The molecule has 1 atom stereocenters. The lowest BCUT2D eigenvalue weighted by Gasteiger charge is -2.26. The van der Waals surface area contributed by atoms with Gasteiger partial charge in [-0.25, -0.2) is 9.97 Å². The van der Waals surface area contributed by atoms with Crippen LogP contribution in [-0.2, 0) is 4.79 Å². The Balaban J connectivity index is 1.85. The predicted molar refractivity (Wildman–Crippen MR) is 109 cm³/mol. The molecule has 1 fully saturated rings. The van der Waals surface area contributed by atoms with Crippen LogP contribution in [0.4, 0.5) is 17.3 Å². The van der Waals surface area contributed by atoms with Gasteiger partial charge in [-0.2, -0.15) is 0 Å². The number of aryl methyl sites for hydroxylation is 1. The zero-order chi connectivity index (χ0) is 20.3. The molecule has 2 amide bonds. The van der Waals surface area contributed by atoms with Gasteiger partial charge in [-0.3, -0.25) is 9.59 Å². The van der Waals surface area contributed by atoms with Crippen molar-refractivity contribution in [3.63, 3.8) is 0 Å². The van der Waals surface area contributed by atoms with Crippen molar-refractivity contribution in [2.75, 3.05) is 30.4 Å². The molecule has 1 aliphatic heterocycles. The lowest BCUT2D eigenvalue weighted by molar-refractivity contribution is -0.125. The smallest absolute Gasteiger partial charge is 0.271 e. The van der Waals surface area contributed by atoms with E-state index in [-0.39, 0.29) is 17.6 Å². The molecule has 2 heterocycles. The second kappa shape index (κ2) is 8.08. The molecule has 0 aliphatic carbocycles. The lowest BCUT2D eigenvalue weighted by Crippen LogP contribution is -2.36. The Labute approximate surface area is 164 Å². The molecule has 8 heteroatoms. The lowest BCUT2D eigenvalue weighted by atomic mass is 10.2. The van der Waals surface area contributed by atoms with Crippen molar-refractivity contribution in [3.05, 3.63) is 54.4 Å². The standard InChI is InChI=1S/C20H24N6O2/c1-4-17(27)26-9-8-15(12-26)25(3)16-11-22-18(19(21)28)20(24-16)23-14-7-5-6-13(2)10-14/h4-7,10-11,15H,1,8-9,12H2,2-3H3,(H2,21,28)(H,23,24)/t15-/m1/s1. The van der Waals surface area contributed by atoms with Crippen LogP contribution in [-0.4, -0.2) is 52.9 Å². The molecule has 8 nitrogen and oxygen atoms in total. The largest absolute Gasteiger partial charge is 0.364 e. The molecule has 1 saturated heterocycles. The minimum Gasteiger partial charge on any atom is -0.364 e. The van der Waals surface area contributed by atoms with Crippen molar-refractivity contribution in [2.24, 2.45) is 5.73 Å². The number of aromatic nitrogens is 2. The fourth-order valence-electron chi connectivity index (χ4n) is 3.25. The van der Waals surface area contributed by atoms with Gasteiger partial charge in [0.2, 0.25) is 5.91 Å². The highest BCUT2D eigenvalue weighted by Crippen LogP contribution is 2.24. The van der Waals surface area contributed by atoms with Crippen molar-refractivity contribution < 1.29 is 9.59 Å². The monoisotopic (exact) mass is 380 g/mol. The first kappa shape index (κ1) is 19.3. The molecule has 1 aliphatic rings. The topological polar surface area (TPSA) is 104 Å². The minimum atomic E-state index is -0.652. The molecule has 28 heavy (non-hydrogen) atoms. The predicted octanol–water partition coefficient (Wildman–Crippen LogP) is 1.85. The zero-order valence-electron chi connectivity index (χ0n) is 16.1. The average Bonchev–Trinajstić information content (AvgIpc) is 3.16. The highest BCUT2D eigenvalue weighted by Gasteiger charge is 2.29. The number of carbonyl (C=O) groups is 2. The van der Waals surface area contributed by atoms with E-state index in [0.29, 0.717) is 24.7 Å². The number of benzene rings is 1. The molecular formula is C20H24N6O2. The highest BCUT2D eigenvalue weighted by molar-refractivity contribution is 5.96. The van der Waals surface area contributed by atoms with Gasteiger partial charge in [-0.1, -0.05) is 18.7 Å². The number of nitrogens with two attached hydrogens (primary N) is 1. The Kier molecular flexibility index (Phi) is 5.58. The van der Waals surface area contributed by atoms with Gasteiger partial charge in [0, 0.05) is 31.9 Å². The van der Waals surface area contributed by atoms with Gasteiger partial charge in [0.25, 0.3) is 5.91 Å². The van der Waals surface area contributed by atoms with E-state index in [2.05, 4.69) is 21.9 Å². The van der Waals surface area contributed by atoms with Crippen molar-refractivity contribution in [3.8, 4) is 0 Å². The van der Waals surface area contributed by atoms with Crippen LogP contribution in [0, 0.1) is 6.92 Å². The van der Waals surface area contributed by atoms with Crippen LogP contribution in [0.3, 0.4) is 0 Å². The molecule has 0 radical (unpaired) electrons. The van der Waals surface area contributed by atoms with Gasteiger partial charge in [-0.15, -0.1) is 0 Å². The number of carbonyl (C=O) groups excluding carboxylic acids is 2. The molecule has 2 aromatic rings. The van der Waals surface area contributed by atoms with Gasteiger partial charge in [-0.05, 0) is 37.1 Å². The third kappa shape index (κ3) is 4.11. The number of nitrogens with zero attached hydrogens (tertiary/aromatic N) is 4. The molecule has 1 aromatic heterocycles. The first-order valence-electron chi connectivity index (χ1n) is 9.03. The summed E-state index contributed by atoms with van der Waals surface area (Å²) in [4.78, 5) is 36.1. The summed E-state index contributed by atoms with van der Waals surface area (Å²) in [6, 6.07) is 7.81. The first-order chi connectivity index (χ1) is 13.4. The maximum atomic E-state index is 11.8. The number of anilines is 3. The number of likely N-dealkylation sites (N-methyl/N-ethyl adjacent to an activating group) is 1. The molecule has 3 N–H and O–H groups in total. The summed E-state index contributed by atoms with van der Waals surface area (Å²) in [6.45, 7) is 6.77. The fraction of sp³-hybridized carbons (Fsp3) is 0.300. The van der Waals surface area contributed by atoms with Crippen LogP contribution in [0.15, 0.2) is 43.1 Å². The maximum Gasteiger partial charge on any atom is 0.271 e. The number of hydrogen-bond donors (Lipinski definition) is 2. The number of rotatable bonds is 6. The van der Waals surface area contributed by atoms with Crippen LogP contribution in [0.1, 0.15) is 22.5 Å². The number of nitrogens with one attached hydrogen (secondary N) is 1. The number of hydrogen-bond acceptors (Lipinski definition) is 6. The summed E-state index contributed by atoms with van der Waals surface area (Å²) < 4.78 is 0. The summed E-state index contributed by atoms with van der Waals surface area (Å²) in [6.07, 6.45) is 3.67. The molecule has 0 saturated carbocycles. The Morgan fingerprint density at radius 2 is 2.21 bits per heavy atom. The quantitative estimate of drug-likeness (QED) is 0.741. The van der Waals surface area contributed by atoms with Gasteiger partial charge in [0.05, 0.1) is 6.20 Å². The van der Waals surface area contributed by atoms with E-state index < -0.39 is 5.91 Å². The Hall–Kier alpha value is -3.42. The second-order valence-electron chi connectivity index (χ2n) is 6.83. The summed E-state index contributed by atoms with van der Waals surface area (Å²) in [5.41, 5.74) is 7.41. The number of amides is 2. The van der Waals surface area contributed by atoms with Crippen molar-refractivity contribution in [2.45, 2.75) is 19.4 Å². The summed E-state index contributed by atoms with van der Waals surface area (Å²) in [5, 5.41) is 3.14. The van der Waals surface area contributed by atoms with Gasteiger partial charge < -0.3 is 20.9 Å². The molecule has 0 bridgehead atoms. The fourth-order valence-corrected chi connectivity index (χ4v) is 3.25. The van der Waals surface area contributed by atoms with Crippen LogP contribution < -0.4 is 16.0 Å². The van der Waals surface area contributed by atoms with E-state index >= 15 is 0 Å². The van der Waals surface area contributed by atoms with Crippen molar-refractivity contribution in [1.29, 1.82) is 0 Å². The maximum absolute atomic E-state index is 11.8. The van der Waals surface area contributed by atoms with E-state index in [1.54, 1.807) is 4.90 Å². The van der Waals surface area contributed by atoms with Crippen LogP contribution in [0.25, 0.3) is 0 Å². The Morgan fingerprint density at radius 3 is 2.89 bits per heavy atom. The second-order valence-corrected chi connectivity index (χ2v) is 6.83. The van der Waals surface area contributed by atoms with Crippen LogP contribution >= 0.6 is 0 Å². The molecule has 0 unspecified atom stereocenters. The van der Waals surface area contributed by atoms with Gasteiger partial charge >= 0.3 is 0 Å². The van der Waals surface area contributed by atoms with E-state index in [1.807, 2.05) is 43.1 Å². The van der Waals surface area contributed by atoms with Gasteiger partial charge in [0.15, 0.2) is 11.5 Å². The summed E-state index contributed by atoms with van der Waals surface area (Å²) in [7, 11) is 1.90. The van der Waals surface area contributed by atoms with Crippen LogP contribution in [0.5, 0.6) is 0 Å². The SMILES string of the molecule is C=CC(=O)N1CC[C@@H](N(C)c2cnc(C(N)=O)c(Nc3cccc(C)c3)n2)C1.